The van der Waals surface area contributed by atoms with Gasteiger partial charge in [-0.25, -0.2) is 4.79 Å². The Bertz CT molecular complexity index is 843. The van der Waals surface area contributed by atoms with Gasteiger partial charge in [0.2, 0.25) is 17.7 Å². The lowest BCUT2D eigenvalue weighted by molar-refractivity contribution is -0.149. The van der Waals surface area contributed by atoms with Gasteiger partial charge < -0.3 is 26.0 Å². The number of carbonyl (C=O) groups is 4. The Kier molecular flexibility index (Phi) is 10.5. The van der Waals surface area contributed by atoms with Crippen LogP contribution in [0.4, 0.5) is 4.79 Å². The number of nitrogens with two attached hydrogens (primary N) is 1. The molecule has 0 aliphatic carbocycles. The molecule has 1 aromatic carbocycles. The highest BCUT2D eigenvalue weighted by atomic mass is 16.6. The fourth-order valence-electron chi connectivity index (χ4n) is 3.40. The van der Waals surface area contributed by atoms with Crippen molar-refractivity contribution >= 4 is 23.8 Å². The van der Waals surface area contributed by atoms with Crippen molar-refractivity contribution in [1.82, 2.24) is 15.5 Å². The van der Waals surface area contributed by atoms with Crippen molar-refractivity contribution in [3.63, 3.8) is 0 Å². The largest absolute Gasteiger partial charge is 0.444 e. The topological polar surface area (TPSA) is 131 Å². The van der Waals surface area contributed by atoms with Crippen molar-refractivity contribution in [2.75, 3.05) is 6.54 Å². The molecule has 2 unspecified atom stereocenters. The quantitative estimate of drug-likeness (QED) is 0.447. The van der Waals surface area contributed by atoms with E-state index in [1.807, 2.05) is 13.0 Å². The Morgan fingerprint density at radius 3 is 2.09 bits per heavy atom. The molecule has 0 bridgehead atoms. The molecule has 9 heteroatoms. The summed E-state index contributed by atoms with van der Waals surface area (Å²) in [6.07, 6.45) is 0.397. The zero-order valence-corrected chi connectivity index (χ0v) is 21.4. The van der Waals surface area contributed by atoms with Crippen LogP contribution >= 0.6 is 0 Å². The fourth-order valence-corrected chi connectivity index (χ4v) is 3.40. The average Bonchev–Trinajstić information content (AvgIpc) is 2.69. The molecule has 0 fully saturated rings. The average molecular weight is 477 g/mol. The molecule has 34 heavy (non-hydrogen) atoms. The van der Waals surface area contributed by atoms with E-state index < -0.39 is 47.6 Å². The van der Waals surface area contributed by atoms with Crippen LogP contribution in [-0.2, 0) is 19.1 Å². The second-order valence-electron chi connectivity index (χ2n) is 10.2. The van der Waals surface area contributed by atoms with Crippen LogP contribution < -0.4 is 16.4 Å². The second kappa shape index (κ2) is 12.4. The van der Waals surface area contributed by atoms with E-state index in [1.54, 1.807) is 65.8 Å². The number of primary amides is 1. The third-order valence-electron chi connectivity index (χ3n) is 4.81. The van der Waals surface area contributed by atoms with E-state index in [2.05, 4.69) is 10.6 Å². The van der Waals surface area contributed by atoms with Crippen LogP contribution in [0.5, 0.6) is 0 Å². The lowest BCUT2D eigenvalue weighted by Gasteiger charge is -2.43. The number of nitrogens with one attached hydrogen (secondary N) is 2. The first-order chi connectivity index (χ1) is 15.7. The molecule has 1 rings (SSSR count). The molecule has 9 nitrogen and oxygen atoms in total. The summed E-state index contributed by atoms with van der Waals surface area (Å²) in [5, 5.41) is 5.37. The second-order valence-corrected chi connectivity index (χ2v) is 10.2. The minimum Gasteiger partial charge on any atom is -0.444 e. The van der Waals surface area contributed by atoms with Crippen LogP contribution in [0.15, 0.2) is 30.3 Å². The smallest absolute Gasteiger partial charge is 0.408 e. The zero-order valence-electron chi connectivity index (χ0n) is 21.4. The number of amides is 4. The predicted octanol–water partition coefficient (Wildman–Crippen LogP) is 3.04. The summed E-state index contributed by atoms with van der Waals surface area (Å²) in [5.74, 6) is -1.73. The van der Waals surface area contributed by atoms with Gasteiger partial charge in [0, 0.05) is 12.1 Å². The normalized spacial score (nSPS) is 13.4. The molecule has 0 spiro atoms. The van der Waals surface area contributed by atoms with Gasteiger partial charge in [-0.15, -0.1) is 0 Å². The minimum absolute atomic E-state index is 0.349. The highest BCUT2D eigenvalue weighted by Gasteiger charge is 2.42. The summed E-state index contributed by atoms with van der Waals surface area (Å²) < 4.78 is 5.27. The first-order valence-corrected chi connectivity index (χ1v) is 11.6. The van der Waals surface area contributed by atoms with Crippen molar-refractivity contribution in [3.8, 4) is 0 Å². The third kappa shape index (κ3) is 9.41. The number of hydrogen-bond acceptors (Lipinski definition) is 5. The van der Waals surface area contributed by atoms with Crippen molar-refractivity contribution in [1.29, 1.82) is 0 Å². The maximum absolute atomic E-state index is 13.8. The number of hydrogen-bond donors (Lipinski definition) is 3. The van der Waals surface area contributed by atoms with Crippen LogP contribution in [0, 0.1) is 0 Å². The molecule has 0 radical (unpaired) electrons. The van der Waals surface area contributed by atoms with Crippen LogP contribution in [0.1, 0.15) is 79.3 Å². The molecule has 2 atom stereocenters. The molecule has 0 saturated heterocycles. The highest BCUT2D eigenvalue weighted by molar-refractivity contribution is 5.95. The number of carbonyl (C=O) groups excluding carboxylic acids is 4. The molecule has 0 aromatic heterocycles. The Balaban J connectivity index is 3.45. The molecule has 0 saturated carbocycles. The van der Waals surface area contributed by atoms with E-state index in [9.17, 15) is 19.2 Å². The van der Waals surface area contributed by atoms with Gasteiger partial charge in [-0.3, -0.25) is 14.4 Å². The van der Waals surface area contributed by atoms with Gasteiger partial charge in [0.15, 0.2) is 0 Å². The SMILES string of the molecule is CCCCNC(=O)C(c1ccccc1)N(C(=O)C(CC(N)=O)NC(=O)OC(C)(C)C)C(C)(C)C. The Morgan fingerprint density at radius 2 is 1.62 bits per heavy atom. The van der Waals surface area contributed by atoms with Crippen LogP contribution in [0.25, 0.3) is 0 Å². The number of alkyl carbamates (subject to hydrolysis) is 1. The molecule has 0 aliphatic heterocycles. The van der Waals surface area contributed by atoms with Crippen LogP contribution in [-0.4, -0.2) is 52.4 Å². The van der Waals surface area contributed by atoms with Crippen molar-refractivity contribution in [2.45, 2.75) is 91.0 Å². The number of ether oxygens (including phenoxy) is 1. The molecular formula is C25H40N4O5. The summed E-state index contributed by atoms with van der Waals surface area (Å²) in [4.78, 5) is 52.8. The molecule has 0 heterocycles. The van der Waals surface area contributed by atoms with E-state index in [0.717, 1.165) is 12.8 Å². The number of nitrogens with zero attached hydrogens (tertiary/aromatic N) is 1. The van der Waals surface area contributed by atoms with Gasteiger partial charge in [-0.05, 0) is 53.5 Å². The first kappa shape index (κ1) is 28.9. The minimum atomic E-state index is -1.30. The number of benzene rings is 1. The van der Waals surface area contributed by atoms with Gasteiger partial charge in [0.1, 0.15) is 17.7 Å². The Hall–Kier alpha value is -3.10. The van der Waals surface area contributed by atoms with E-state index in [-0.39, 0.29) is 5.91 Å². The van der Waals surface area contributed by atoms with Crippen LogP contribution in [0.2, 0.25) is 0 Å². The van der Waals surface area contributed by atoms with Crippen molar-refractivity contribution < 1.29 is 23.9 Å². The summed E-state index contributed by atoms with van der Waals surface area (Å²) >= 11 is 0. The van der Waals surface area contributed by atoms with Crippen molar-refractivity contribution in [3.05, 3.63) is 35.9 Å². The van der Waals surface area contributed by atoms with E-state index in [4.69, 9.17) is 10.5 Å². The van der Waals surface area contributed by atoms with Gasteiger partial charge >= 0.3 is 6.09 Å². The summed E-state index contributed by atoms with van der Waals surface area (Å²) in [6.45, 7) is 12.9. The summed E-state index contributed by atoms with van der Waals surface area (Å²) in [6, 6.07) is 6.63. The standard InChI is InChI=1S/C25H40N4O5/c1-8-9-15-27-21(31)20(17-13-11-10-12-14-17)29(24(2,3)4)22(32)18(16-19(26)30)28-23(33)34-25(5,6)7/h10-14,18,20H,8-9,15-16H2,1-7H3,(H2,26,30)(H,27,31)(H,28,33). The van der Waals surface area contributed by atoms with Crippen LogP contribution in [0.3, 0.4) is 0 Å². The predicted molar refractivity (Wildman–Crippen MR) is 131 cm³/mol. The van der Waals surface area contributed by atoms with Gasteiger partial charge in [-0.2, -0.15) is 0 Å². The number of unbranched alkanes of at least 4 members (excludes halogenated alkanes) is 1. The molecular weight excluding hydrogens is 436 g/mol. The van der Waals surface area contributed by atoms with Gasteiger partial charge in [-0.1, -0.05) is 43.7 Å². The lowest BCUT2D eigenvalue weighted by Crippen LogP contribution is -2.59. The Morgan fingerprint density at radius 1 is 1.03 bits per heavy atom. The maximum atomic E-state index is 13.8. The zero-order chi connectivity index (χ0) is 26.1. The molecule has 1 aromatic rings. The molecule has 4 amide bonds. The third-order valence-corrected chi connectivity index (χ3v) is 4.81. The van der Waals surface area contributed by atoms with Gasteiger partial charge in [0.05, 0.1) is 6.42 Å². The van der Waals surface area contributed by atoms with E-state index in [0.29, 0.717) is 12.1 Å². The van der Waals surface area contributed by atoms with E-state index in [1.165, 1.54) is 4.90 Å². The van der Waals surface area contributed by atoms with Crippen molar-refractivity contribution in [2.24, 2.45) is 5.73 Å². The van der Waals surface area contributed by atoms with E-state index >= 15 is 0 Å². The summed E-state index contributed by atoms with van der Waals surface area (Å²) in [7, 11) is 0. The van der Waals surface area contributed by atoms with Gasteiger partial charge in [0.25, 0.3) is 0 Å². The number of rotatable bonds is 10. The molecule has 190 valence electrons. The molecule has 0 aliphatic rings. The Labute approximate surface area is 202 Å². The highest BCUT2D eigenvalue weighted by Crippen LogP contribution is 2.30. The summed E-state index contributed by atoms with van der Waals surface area (Å²) in [5.41, 5.74) is 4.35. The molecule has 4 N–H and O–H groups in total. The fraction of sp³-hybridized carbons (Fsp3) is 0.600. The maximum Gasteiger partial charge on any atom is 0.408 e. The lowest BCUT2D eigenvalue weighted by atomic mass is 9.95. The first-order valence-electron chi connectivity index (χ1n) is 11.6. The monoisotopic (exact) mass is 476 g/mol.